The summed E-state index contributed by atoms with van der Waals surface area (Å²) in [6.07, 6.45) is 3.80. The first-order valence-corrected chi connectivity index (χ1v) is 34.2. The topological polar surface area (TPSA) is 421 Å². The van der Waals surface area contributed by atoms with E-state index in [4.69, 9.17) is 17.2 Å². The lowest BCUT2D eigenvalue weighted by molar-refractivity contribution is -0.143. The third-order valence-corrected chi connectivity index (χ3v) is 17.6. The van der Waals surface area contributed by atoms with Crippen LogP contribution >= 0.6 is 0 Å². The van der Waals surface area contributed by atoms with Gasteiger partial charge in [0.05, 0.1) is 0 Å². The Balaban J connectivity index is 1.63. The van der Waals surface area contributed by atoms with E-state index in [1.807, 2.05) is 27.7 Å². The number of unbranched alkanes of at least 4 members (excludes halogenated alkanes) is 3. The number of rotatable bonds is 22. The number of aromatic hydroxyl groups is 2. The minimum atomic E-state index is -1.34. The standard InChI is InChI=1S/C68H108N14O13/c1-39(2)35-50-61(88)77-52(37-43-22-26-45(83)27-23-43)67(94)81-33-15-20-54(81)63(90)72-49(19-11-14-32-71)60(87)79-56(41(5)6)65(92)73-47(17-9-12-30-69)58(85)75-51(36-40(3)4)62(89)78-53(38-44-24-28-46(84)29-25-44)68(95)82-34-16-21-55(82)64(91)80-57(42(7)8)66(93)74-48(59(86)76-50)18-10-13-31-70/h22-29,39-42,47-57,83-84H,9-21,30-38,69-71H2,1-8H3,(H,72,90)(H,73,92)(H,74,93)(H,75,85)(H,76,86)(H,77,88)(H,78,89)(H,79,87)(H,80,91)/t47-,48-,49-,50-,51-,52+,53+,54-,55-,56-,57-/m0/s1. The maximum Gasteiger partial charge on any atom is 0.246 e. The molecule has 0 saturated carbocycles. The Kier molecular flexibility index (Phi) is 31.6. The molecule has 3 aliphatic heterocycles. The molecule has 3 heterocycles. The predicted molar refractivity (Wildman–Crippen MR) is 358 cm³/mol. The number of phenolic OH excluding ortho intramolecular Hbond substituents is 2. The normalized spacial score (nSPS) is 25.7. The molecule has 27 nitrogen and oxygen atoms in total. The molecule has 0 bridgehead atoms. The van der Waals surface area contributed by atoms with Crippen LogP contribution in [0.1, 0.15) is 163 Å². The molecule has 11 amide bonds. The number of nitrogens with one attached hydrogen (secondary N) is 9. The zero-order chi connectivity index (χ0) is 70.1. The number of nitrogens with zero attached hydrogens (tertiary/aromatic N) is 2. The highest BCUT2D eigenvalue weighted by Gasteiger charge is 2.43. The number of nitrogens with two attached hydrogens (primary N) is 3. The van der Waals surface area contributed by atoms with Gasteiger partial charge in [0.25, 0.3) is 0 Å². The molecule has 0 aliphatic carbocycles. The van der Waals surface area contributed by atoms with E-state index in [0.29, 0.717) is 62.5 Å². The van der Waals surface area contributed by atoms with Gasteiger partial charge in [0, 0.05) is 25.9 Å². The van der Waals surface area contributed by atoms with Gasteiger partial charge in [0.1, 0.15) is 78.0 Å². The fourth-order valence-corrected chi connectivity index (χ4v) is 12.3. The van der Waals surface area contributed by atoms with Crippen LogP contribution in [0.5, 0.6) is 11.5 Å². The van der Waals surface area contributed by atoms with Gasteiger partial charge < -0.3 is 85.1 Å². The summed E-state index contributed by atoms with van der Waals surface area (Å²) in [4.78, 5) is 165. The molecule has 11 atom stereocenters. The van der Waals surface area contributed by atoms with E-state index in [1.54, 1.807) is 52.0 Å². The third kappa shape index (κ3) is 24.1. The Bertz CT molecular complexity index is 2890. The van der Waals surface area contributed by atoms with E-state index in [0.717, 1.165) is 0 Å². The fourth-order valence-electron chi connectivity index (χ4n) is 12.3. The Morgan fingerprint density at radius 2 is 0.663 bits per heavy atom. The van der Waals surface area contributed by atoms with Crippen LogP contribution < -0.4 is 65.1 Å². The van der Waals surface area contributed by atoms with Gasteiger partial charge in [-0.25, -0.2) is 0 Å². The number of fused-ring (bicyclic) bond motifs is 2. The molecule has 17 N–H and O–H groups in total. The van der Waals surface area contributed by atoms with Gasteiger partial charge in [0.15, 0.2) is 0 Å². The summed E-state index contributed by atoms with van der Waals surface area (Å²) in [5.74, 6) is -9.46. The zero-order valence-electron chi connectivity index (χ0n) is 56.8. The summed E-state index contributed by atoms with van der Waals surface area (Å²) < 4.78 is 0. The molecule has 3 fully saturated rings. The lowest BCUT2D eigenvalue weighted by atomic mass is 9.99. The summed E-state index contributed by atoms with van der Waals surface area (Å²) >= 11 is 0. The number of hydrogen-bond acceptors (Lipinski definition) is 16. The van der Waals surface area contributed by atoms with Crippen molar-refractivity contribution in [3.63, 3.8) is 0 Å². The van der Waals surface area contributed by atoms with Crippen molar-refractivity contribution in [1.82, 2.24) is 57.7 Å². The van der Waals surface area contributed by atoms with Crippen molar-refractivity contribution in [3.05, 3.63) is 59.7 Å². The minimum absolute atomic E-state index is 0.0472. The van der Waals surface area contributed by atoms with Crippen LogP contribution in [0.2, 0.25) is 0 Å². The van der Waals surface area contributed by atoms with Crippen LogP contribution in [-0.2, 0) is 65.6 Å². The fraction of sp³-hybridized carbons (Fsp3) is 0.662. The van der Waals surface area contributed by atoms with Gasteiger partial charge in [-0.2, -0.15) is 0 Å². The van der Waals surface area contributed by atoms with Crippen molar-refractivity contribution in [1.29, 1.82) is 0 Å². The smallest absolute Gasteiger partial charge is 0.246 e. The van der Waals surface area contributed by atoms with Gasteiger partial charge in [-0.05, 0) is 175 Å². The van der Waals surface area contributed by atoms with E-state index in [-0.39, 0.29) is 114 Å². The molecule has 0 aromatic heterocycles. The molecule has 27 heteroatoms. The molecule has 0 spiro atoms. The summed E-state index contributed by atoms with van der Waals surface area (Å²) in [5, 5.41) is 46.0. The predicted octanol–water partition coefficient (Wildman–Crippen LogP) is 1.03. The number of carbonyl (C=O) groups excluding carboxylic acids is 11. The molecule has 95 heavy (non-hydrogen) atoms. The van der Waals surface area contributed by atoms with E-state index in [9.17, 15) is 53.4 Å². The van der Waals surface area contributed by atoms with Crippen LogP contribution in [0.15, 0.2) is 48.5 Å². The first-order chi connectivity index (χ1) is 45.2. The highest BCUT2D eigenvalue weighted by Crippen LogP contribution is 2.25. The zero-order valence-corrected chi connectivity index (χ0v) is 56.8. The Labute approximate surface area is 559 Å². The second-order valence-corrected chi connectivity index (χ2v) is 27.1. The lowest BCUT2D eigenvalue weighted by Crippen LogP contribution is -2.61. The van der Waals surface area contributed by atoms with Gasteiger partial charge in [-0.15, -0.1) is 0 Å². The second kappa shape index (κ2) is 38.6. The average molecular weight is 1330 g/mol. The molecule has 3 saturated heterocycles. The molecule has 2 aromatic carbocycles. The van der Waals surface area contributed by atoms with Gasteiger partial charge >= 0.3 is 0 Å². The van der Waals surface area contributed by atoms with E-state index in [1.165, 1.54) is 34.1 Å². The third-order valence-electron chi connectivity index (χ3n) is 17.6. The van der Waals surface area contributed by atoms with E-state index in [2.05, 4.69) is 47.9 Å². The highest BCUT2D eigenvalue weighted by atomic mass is 16.3. The van der Waals surface area contributed by atoms with Crippen LogP contribution in [-0.4, -0.2) is 184 Å². The van der Waals surface area contributed by atoms with Crippen molar-refractivity contribution in [2.75, 3.05) is 32.7 Å². The molecule has 0 unspecified atom stereocenters. The first-order valence-electron chi connectivity index (χ1n) is 34.2. The SMILES string of the molecule is CC(C)C[C@@H]1NC(=O)[C@H](CCCCN)NC(=O)[C@H](C(C)C)NC(=O)[C@@H]2CCCN2C(=O)[C@@H](Cc2ccc(O)cc2)NC(=O)[C@H](CC(C)C)NC(=O)[C@H](CCCCN)NC(=O)[C@H](C(C)C)NC(=O)[C@H](CCCCN)NC(=O)[C@@H]2CCCN2C(=O)[C@@H](Cc2ccc(O)cc2)NC1=O. The Hall–Kier alpha value is -7.91. The Morgan fingerprint density at radius 1 is 0.379 bits per heavy atom. The molecule has 2 aromatic rings. The quantitative estimate of drug-likeness (QED) is 0.0732. The summed E-state index contributed by atoms with van der Waals surface area (Å²) in [5.41, 5.74) is 18.7. The van der Waals surface area contributed by atoms with Crippen LogP contribution in [0.3, 0.4) is 0 Å². The summed E-state index contributed by atoms with van der Waals surface area (Å²) in [7, 11) is 0. The molecular weight excluding hydrogens is 1220 g/mol. The van der Waals surface area contributed by atoms with Crippen LogP contribution in [0.25, 0.3) is 0 Å². The second-order valence-electron chi connectivity index (χ2n) is 27.1. The van der Waals surface area contributed by atoms with Crippen LogP contribution in [0.4, 0.5) is 0 Å². The van der Waals surface area contributed by atoms with Gasteiger partial charge in [0.2, 0.25) is 65.0 Å². The first kappa shape index (κ1) is 77.8. The number of phenols is 2. The highest BCUT2D eigenvalue weighted by molar-refractivity contribution is 6.00. The van der Waals surface area contributed by atoms with E-state index >= 15 is 9.59 Å². The Morgan fingerprint density at radius 3 is 0.989 bits per heavy atom. The molecular formula is C68H108N14O13. The van der Waals surface area contributed by atoms with Crippen molar-refractivity contribution in [3.8, 4) is 11.5 Å². The van der Waals surface area contributed by atoms with Crippen molar-refractivity contribution in [2.24, 2.45) is 40.9 Å². The van der Waals surface area contributed by atoms with E-state index < -0.39 is 143 Å². The van der Waals surface area contributed by atoms with Gasteiger partial charge in [-0.1, -0.05) is 79.7 Å². The molecule has 528 valence electrons. The lowest BCUT2D eigenvalue weighted by Gasteiger charge is -2.32. The number of hydrogen-bond donors (Lipinski definition) is 14. The minimum Gasteiger partial charge on any atom is -0.508 e. The average Bonchev–Trinajstić information content (AvgIpc) is 1.80. The van der Waals surface area contributed by atoms with Crippen molar-refractivity contribution >= 4 is 65.0 Å². The van der Waals surface area contributed by atoms with Crippen molar-refractivity contribution < 1.29 is 63.0 Å². The summed E-state index contributed by atoms with van der Waals surface area (Å²) in [6.45, 7) is 15.1. The molecule has 5 rings (SSSR count). The van der Waals surface area contributed by atoms with Gasteiger partial charge in [-0.3, -0.25) is 52.7 Å². The maximum absolute atomic E-state index is 15.1. The monoisotopic (exact) mass is 1330 g/mol. The summed E-state index contributed by atoms with van der Waals surface area (Å²) in [6, 6.07) is -1.77. The van der Waals surface area contributed by atoms with Crippen LogP contribution in [0, 0.1) is 23.7 Å². The van der Waals surface area contributed by atoms with Crippen molar-refractivity contribution in [2.45, 2.75) is 231 Å². The molecule has 0 radical (unpaired) electrons. The number of carbonyl (C=O) groups is 11. The largest absolute Gasteiger partial charge is 0.508 e. The number of benzene rings is 2. The molecule has 3 aliphatic rings. The number of amides is 11. The maximum atomic E-state index is 15.1.